The van der Waals surface area contributed by atoms with Crippen LogP contribution in [-0.2, 0) is 6.54 Å². The molecule has 2 rings (SSSR count). The van der Waals surface area contributed by atoms with E-state index < -0.39 is 0 Å². The van der Waals surface area contributed by atoms with Gasteiger partial charge in [-0.15, -0.1) is 0 Å². The summed E-state index contributed by atoms with van der Waals surface area (Å²) in [5.41, 5.74) is 0.717. The van der Waals surface area contributed by atoms with Crippen LogP contribution in [0.1, 0.15) is 12.8 Å². The molecule has 2 aromatic rings. The molecule has 1 N–H and O–H groups in total. The Morgan fingerprint density at radius 3 is 2.88 bits per heavy atom. The van der Waals surface area contributed by atoms with Crippen LogP contribution in [0.4, 0.5) is 0 Å². The van der Waals surface area contributed by atoms with Crippen molar-refractivity contribution < 1.29 is 5.11 Å². The van der Waals surface area contributed by atoms with E-state index in [-0.39, 0.29) is 12.2 Å². The Kier molecular flexibility index (Phi) is 3.31. The number of benzene rings is 1. The van der Waals surface area contributed by atoms with Gasteiger partial charge in [0.05, 0.1) is 17.2 Å². The molecule has 0 aliphatic heterocycles. The van der Waals surface area contributed by atoms with Crippen LogP contribution in [0.3, 0.4) is 0 Å². The van der Waals surface area contributed by atoms with E-state index >= 15 is 0 Å². The zero-order valence-electron chi connectivity index (χ0n) is 8.97. The number of fused-ring (bicyclic) bond motifs is 1. The smallest absolute Gasteiger partial charge is 0.261 e. The maximum atomic E-state index is 12.0. The van der Waals surface area contributed by atoms with Crippen LogP contribution in [0.2, 0.25) is 0 Å². The molecule has 0 bridgehead atoms. The number of hydrogen-bond acceptors (Lipinski definition) is 3. The largest absolute Gasteiger partial charge is 0.396 e. The molecular weight excluding hydrogens is 204 g/mol. The fourth-order valence-electron chi connectivity index (χ4n) is 1.66. The lowest BCUT2D eigenvalue weighted by molar-refractivity contribution is 0.281. The van der Waals surface area contributed by atoms with Crippen LogP contribution in [0.5, 0.6) is 0 Å². The fourth-order valence-corrected chi connectivity index (χ4v) is 1.66. The van der Waals surface area contributed by atoms with Crippen molar-refractivity contribution in [3.8, 4) is 0 Å². The monoisotopic (exact) mass is 218 g/mol. The molecule has 0 unspecified atom stereocenters. The number of aryl methyl sites for hydroxylation is 1. The van der Waals surface area contributed by atoms with E-state index in [1.807, 2.05) is 18.2 Å². The molecule has 0 saturated heterocycles. The first kappa shape index (κ1) is 10.8. The summed E-state index contributed by atoms with van der Waals surface area (Å²) in [6, 6.07) is 7.32. The molecule has 0 aliphatic carbocycles. The minimum Gasteiger partial charge on any atom is -0.396 e. The average molecular weight is 218 g/mol. The van der Waals surface area contributed by atoms with Crippen molar-refractivity contribution in [3.05, 3.63) is 40.9 Å². The van der Waals surface area contributed by atoms with Gasteiger partial charge in [-0.2, -0.15) is 0 Å². The highest BCUT2D eigenvalue weighted by Gasteiger charge is 2.02. The third-order valence-corrected chi connectivity index (χ3v) is 2.54. The molecule has 0 spiro atoms. The normalized spacial score (nSPS) is 10.8. The van der Waals surface area contributed by atoms with E-state index in [0.29, 0.717) is 18.4 Å². The molecular formula is C12H14N2O2. The molecule has 0 radical (unpaired) electrons. The number of unbranched alkanes of at least 4 members (excludes halogenated alkanes) is 1. The minimum atomic E-state index is -0.0106. The van der Waals surface area contributed by atoms with Crippen LogP contribution in [-0.4, -0.2) is 21.3 Å². The maximum Gasteiger partial charge on any atom is 0.261 e. The topological polar surface area (TPSA) is 55.1 Å². The quantitative estimate of drug-likeness (QED) is 0.784. The van der Waals surface area contributed by atoms with E-state index in [1.165, 1.54) is 0 Å². The van der Waals surface area contributed by atoms with Crippen molar-refractivity contribution in [1.82, 2.24) is 9.55 Å². The Labute approximate surface area is 93.2 Å². The molecule has 1 heterocycles. The van der Waals surface area contributed by atoms with E-state index in [0.717, 1.165) is 11.9 Å². The summed E-state index contributed by atoms with van der Waals surface area (Å²) in [5, 5.41) is 9.33. The SMILES string of the molecule is O=c1c2ccccc2ncn1CCCCO. The third kappa shape index (κ3) is 2.12. The number of para-hydroxylation sites is 1. The first-order valence-corrected chi connectivity index (χ1v) is 5.38. The van der Waals surface area contributed by atoms with Crippen LogP contribution >= 0.6 is 0 Å². The van der Waals surface area contributed by atoms with Gasteiger partial charge >= 0.3 is 0 Å². The summed E-state index contributed by atoms with van der Waals surface area (Å²) in [5.74, 6) is 0. The zero-order valence-corrected chi connectivity index (χ0v) is 8.97. The van der Waals surface area contributed by atoms with Gasteiger partial charge in [0.1, 0.15) is 0 Å². The number of aliphatic hydroxyl groups excluding tert-OH is 1. The number of rotatable bonds is 4. The van der Waals surface area contributed by atoms with Crippen molar-refractivity contribution >= 4 is 10.9 Å². The van der Waals surface area contributed by atoms with Gasteiger partial charge in [0, 0.05) is 13.2 Å². The van der Waals surface area contributed by atoms with Crippen molar-refractivity contribution in [2.45, 2.75) is 19.4 Å². The fraction of sp³-hybridized carbons (Fsp3) is 0.333. The van der Waals surface area contributed by atoms with E-state index in [9.17, 15) is 4.79 Å². The van der Waals surface area contributed by atoms with Crippen molar-refractivity contribution in [2.24, 2.45) is 0 Å². The first-order chi connectivity index (χ1) is 7.83. The molecule has 0 fully saturated rings. The third-order valence-electron chi connectivity index (χ3n) is 2.54. The predicted octanol–water partition coefficient (Wildman–Crippen LogP) is 1.17. The van der Waals surface area contributed by atoms with Crippen LogP contribution in [0.25, 0.3) is 10.9 Å². The molecule has 0 amide bonds. The lowest BCUT2D eigenvalue weighted by atomic mass is 10.2. The second kappa shape index (κ2) is 4.90. The van der Waals surface area contributed by atoms with Gasteiger partial charge in [-0.3, -0.25) is 9.36 Å². The summed E-state index contributed by atoms with van der Waals surface area (Å²) in [6.45, 7) is 0.771. The second-order valence-electron chi connectivity index (χ2n) is 3.69. The van der Waals surface area contributed by atoms with Gasteiger partial charge in [-0.25, -0.2) is 4.98 Å². The summed E-state index contributed by atoms with van der Waals surface area (Å²) in [7, 11) is 0. The summed E-state index contributed by atoms with van der Waals surface area (Å²) < 4.78 is 1.60. The van der Waals surface area contributed by atoms with Crippen molar-refractivity contribution in [3.63, 3.8) is 0 Å². The molecule has 1 aromatic heterocycles. The lowest BCUT2D eigenvalue weighted by Gasteiger charge is -2.05. The first-order valence-electron chi connectivity index (χ1n) is 5.38. The molecule has 84 valence electrons. The Morgan fingerprint density at radius 1 is 1.25 bits per heavy atom. The molecule has 0 saturated carbocycles. The number of aliphatic hydroxyl groups is 1. The van der Waals surface area contributed by atoms with Gasteiger partial charge in [0.25, 0.3) is 5.56 Å². The van der Waals surface area contributed by atoms with Crippen molar-refractivity contribution in [1.29, 1.82) is 0 Å². The van der Waals surface area contributed by atoms with E-state index in [2.05, 4.69) is 4.98 Å². The highest BCUT2D eigenvalue weighted by molar-refractivity contribution is 5.76. The number of aromatic nitrogens is 2. The molecule has 0 atom stereocenters. The Bertz CT molecular complexity index is 534. The Balaban J connectivity index is 2.33. The average Bonchev–Trinajstić information content (AvgIpc) is 2.33. The Hall–Kier alpha value is -1.68. The minimum absolute atomic E-state index is 0.0106. The highest BCUT2D eigenvalue weighted by Crippen LogP contribution is 2.04. The van der Waals surface area contributed by atoms with E-state index in [1.54, 1.807) is 17.0 Å². The molecule has 4 heteroatoms. The number of hydrogen-bond donors (Lipinski definition) is 1. The highest BCUT2D eigenvalue weighted by atomic mass is 16.2. The molecule has 4 nitrogen and oxygen atoms in total. The molecule has 0 aliphatic rings. The van der Waals surface area contributed by atoms with Gasteiger partial charge in [0.15, 0.2) is 0 Å². The van der Waals surface area contributed by atoms with Gasteiger partial charge in [-0.05, 0) is 25.0 Å². The molecule has 1 aromatic carbocycles. The summed E-state index contributed by atoms with van der Waals surface area (Å²) in [4.78, 5) is 16.2. The standard InChI is InChI=1S/C12H14N2O2/c15-8-4-3-7-14-9-13-11-6-2-1-5-10(11)12(14)16/h1-2,5-6,9,15H,3-4,7-8H2. The van der Waals surface area contributed by atoms with Crippen molar-refractivity contribution in [2.75, 3.05) is 6.61 Å². The maximum absolute atomic E-state index is 12.0. The number of nitrogens with zero attached hydrogens (tertiary/aromatic N) is 2. The van der Waals surface area contributed by atoms with Crippen LogP contribution in [0.15, 0.2) is 35.4 Å². The van der Waals surface area contributed by atoms with Gasteiger partial charge in [-0.1, -0.05) is 12.1 Å². The van der Waals surface area contributed by atoms with Gasteiger partial charge < -0.3 is 5.11 Å². The summed E-state index contributed by atoms with van der Waals surface area (Å²) >= 11 is 0. The summed E-state index contributed by atoms with van der Waals surface area (Å²) in [6.07, 6.45) is 3.07. The predicted molar refractivity (Wildman–Crippen MR) is 62.3 cm³/mol. The van der Waals surface area contributed by atoms with E-state index in [4.69, 9.17) is 5.11 Å². The lowest BCUT2D eigenvalue weighted by Crippen LogP contribution is -2.20. The zero-order chi connectivity index (χ0) is 11.4. The second-order valence-corrected chi connectivity index (χ2v) is 3.69. The van der Waals surface area contributed by atoms with Crippen LogP contribution < -0.4 is 5.56 Å². The van der Waals surface area contributed by atoms with Gasteiger partial charge in [0.2, 0.25) is 0 Å². The molecule has 16 heavy (non-hydrogen) atoms. The Morgan fingerprint density at radius 2 is 2.06 bits per heavy atom. The van der Waals surface area contributed by atoms with Crippen LogP contribution in [0, 0.1) is 0 Å².